The topological polar surface area (TPSA) is 71.4 Å². The fourth-order valence-electron chi connectivity index (χ4n) is 1.96. The number of nitrogens with zero attached hydrogens (tertiary/aromatic N) is 3. The first-order valence-electron chi connectivity index (χ1n) is 7.81. The zero-order valence-electron chi connectivity index (χ0n) is 14.0. The minimum atomic E-state index is 0. The molecule has 0 amide bonds. The molecular formula is C17H24IN5O. The zero-order chi connectivity index (χ0) is 16.3. The first-order valence-corrected chi connectivity index (χ1v) is 7.81. The minimum absolute atomic E-state index is 0. The van der Waals surface area contributed by atoms with Crippen molar-refractivity contribution in [2.75, 3.05) is 13.2 Å². The normalized spacial score (nSPS) is 10.7. The van der Waals surface area contributed by atoms with E-state index in [1.165, 1.54) is 0 Å². The first-order chi connectivity index (χ1) is 11.3. The summed E-state index contributed by atoms with van der Waals surface area (Å²) in [5.41, 5.74) is 2.03. The molecule has 0 aliphatic heterocycles. The largest absolute Gasteiger partial charge is 0.478 e. The third-order valence-electron chi connectivity index (χ3n) is 3.02. The van der Waals surface area contributed by atoms with Gasteiger partial charge in [-0.2, -0.15) is 0 Å². The lowest BCUT2D eigenvalue weighted by molar-refractivity contribution is 0.326. The molecule has 0 bridgehead atoms. The highest BCUT2D eigenvalue weighted by atomic mass is 127. The van der Waals surface area contributed by atoms with Gasteiger partial charge in [0.1, 0.15) is 0 Å². The van der Waals surface area contributed by atoms with Gasteiger partial charge in [-0.1, -0.05) is 6.07 Å². The van der Waals surface area contributed by atoms with Gasteiger partial charge in [-0.3, -0.25) is 4.98 Å². The lowest BCUT2D eigenvalue weighted by atomic mass is 10.3. The fraction of sp³-hybridized carbons (Fsp3) is 0.353. The van der Waals surface area contributed by atoms with Gasteiger partial charge in [0, 0.05) is 25.0 Å². The van der Waals surface area contributed by atoms with Gasteiger partial charge < -0.3 is 15.4 Å². The molecule has 0 saturated heterocycles. The highest BCUT2D eigenvalue weighted by molar-refractivity contribution is 14.0. The quantitative estimate of drug-likeness (QED) is 0.393. The number of hydrogen-bond donors (Lipinski definition) is 2. The Morgan fingerprint density at radius 1 is 1.12 bits per heavy atom. The molecule has 0 fully saturated rings. The molecule has 2 heterocycles. The predicted molar refractivity (Wildman–Crippen MR) is 107 cm³/mol. The van der Waals surface area contributed by atoms with Crippen molar-refractivity contribution in [1.29, 1.82) is 0 Å². The third-order valence-corrected chi connectivity index (χ3v) is 3.02. The Labute approximate surface area is 160 Å². The van der Waals surface area contributed by atoms with Gasteiger partial charge in [0.05, 0.1) is 25.4 Å². The number of rotatable bonds is 7. The van der Waals surface area contributed by atoms with Crippen LogP contribution in [0.25, 0.3) is 0 Å². The summed E-state index contributed by atoms with van der Waals surface area (Å²) in [6.07, 6.45) is 3.53. The van der Waals surface area contributed by atoms with Crippen molar-refractivity contribution in [2.24, 2.45) is 4.99 Å². The highest BCUT2D eigenvalue weighted by Crippen LogP contribution is 2.10. The Morgan fingerprint density at radius 3 is 2.71 bits per heavy atom. The third kappa shape index (κ3) is 7.12. The summed E-state index contributed by atoms with van der Waals surface area (Å²) in [5.74, 6) is 1.39. The molecule has 7 heteroatoms. The second-order valence-electron chi connectivity index (χ2n) is 4.81. The Bertz CT molecular complexity index is 621. The lowest BCUT2D eigenvalue weighted by Crippen LogP contribution is -2.37. The van der Waals surface area contributed by atoms with Gasteiger partial charge in [-0.05, 0) is 37.6 Å². The van der Waals surface area contributed by atoms with Crippen molar-refractivity contribution in [3.8, 4) is 5.88 Å². The number of halogens is 1. The fourth-order valence-corrected chi connectivity index (χ4v) is 1.96. The minimum Gasteiger partial charge on any atom is -0.478 e. The zero-order valence-corrected chi connectivity index (χ0v) is 16.4. The van der Waals surface area contributed by atoms with Crippen LogP contribution in [0.4, 0.5) is 0 Å². The molecule has 6 nitrogen and oxygen atoms in total. The summed E-state index contributed by atoms with van der Waals surface area (Å²) in [4.78, 5) is 13.0. The first kappa shape index (κ1) is 20.1. The maximum atomic E-state index is 5.41. The van der Waals surface area contributed by atoms with Crippen molar-refractivity contribution in [3.63, 3.8) is 0 Å². The Morgan fingerprint density at radius 2 is 2.00 bits per heavy atom. The Balaban J connectivity index is 0.00000288. The molecule has 2 rings (SSSR count). The highest BCUT2D eigenvalue weighted by Gasteiger charge is 2.01. The van der Waals surface area contributed by atoms with Crippen molar-refractivity contribution >= 4 is 29.9 Å². The lowest BCUT2D eigenvalue weighted by Gasteiger charge is -2.11. The average molecular weight is 441 g/mol. The van der Waals surface area contributed by atoms with E-state index in [-0.39, 0.29) is 24.0 Å². The van der Waals surface area contributed by atoms with E-state index in [0.29, 0.717) is 25.6 Å². The molecule has 0 spiro atoms. The molecule has 0 aliphatic rings. The molecule has 24 heavy (non-hydrogen) atoms. The van der Waals surface area contributed by atoms with Crippen LogP contribution in [0.5, 0.6) is 5.88 Å². The van der Waals surface area contributed by atoms with Gasteiger partial charge in [0.2, 0.25) is 5.88 Å². The summed E-state index contributed by atoms with van der Waals surface area (Å²) >= 11 is 0. The van der Waals surface area contributed by atoms with E-state index in [4.69, 9.17) is 4.74 Å². The van der Waals surface area contributed by atoms with Crippen LogP contribution in [0.3, 0.4) is 0 Å². The monoisotopic (exact) mass is 441 g/mol. The maximum Gasteiger partial charge on any atom is 0.213 e. The molecule has 2 N–H and O–H groups in total. The number of ether oxygens (including phenoxy) is 1. The van der Waals surface area contributed by atoms with E-state index < -0.39 is 0 Å². The maximum absolute atomic E-state index is 5.41. The molecule has 0 atom stereocenters. The molecule has 0 unspecified atom stereocenters. The molecule has 2 aromatic heterocycles. The summed E-state index contributed by atoms with van der Waals surface area (Å²) in [7, 11) is 0. The number of pyridine rings is 2. The number of hydrogen-bond acceptors (Lipinski definition) is 4. The van der Waals surface area contributed by atoms with Gasteiger partial charge >= 0.3 is 0 Å². The summed E-state index contributed by atoms with van der Waals surface area (Å²) in [6, 6.07) is 9.71. The number of aromatic nitrogens is 2. The molecule has 0 saturated carbocycles. The van der Waals surface area contributed by atoms with Crippen LogP contribution < -0.4 is 15.4 Å². The van der Waals surface area contributed by atoms with Gasteiger partial charge in [0.15, 0.2) is 5.96 Å². The van der Waals surface area contributed by atoms with E-state index in [0.717, 1.165) is 23.8 Å². The smallest absolute Gasteiger partial charge is 0.213 e. The second-order valence-corrected chi connectivity index (χ2v) is 4.81. The Hall–Kier alpha value is -1.90. The van der Waals surface area contributed by atoms with Crippen LogP contribution in [0.15, 0.2) is 47.7 Å². The van der Waals surface area contributed by atoms with Crippen LogP contribution in [-0.2, 0) is 13.1 Å². The summed E-state index contributed by atoms with van der Waals surface area (Å²) < 4.78 is 5.41. The van der Waals surface area contributed by atoms with Crippen LogP contribution in [0.2, 0.25) is 0 Å². The summed E-state index contributed by atoms with van der Waals surface area (Å²) in [6.45, 7) is 6.57. The van der Waals surface area contributed by atoms with Crippen LogP contribution in [0.1, 0.15) is 25.1 Å². The van der Waals surface area contributed by atoms with Crippen molar-refractivity contribution < 1.29 is 4.74 Å². The van der Waals surface area contributed by atoms with E-state index in [1.54, 1.807) is 12.4 Å². The van der Waals surface area contributed by atoms with Crippen LogP contribution >= 0.6 is 24.0 Å². The van der Waals surface area contributed by atoms with E-state index >= 15 is 0 Å². The van der Waals surface area contributed by atoms with E-state index in [1.807, 2.05) is 44.2 Å². The molecule has 130 valence electrons. The van der Waals surface area contributed by atoms with Crippen LogP contribution in [0, 0.1) is 0 Å². The van der Waals surface area contributed by atoms with E-state index in [9.17, 15) is 0 Å². The predicted octanol–water partition coefficient (Wildman–Crippen LogP) is 2.75. The molecule has 2 aromatic rings. The second kappa shape index (κ2) is 11.6. The van der Waals surface area contributed by atoms with E-state index in [2.05, 4.69) is 25.6 Å². The van der Waals surface area contributed by atoms with Gasteiger partial charge in [-0.15, -0.1) is 24.0 Å². The van der Waals surface area contributed by atoms with Crippen LogP contribution in [-0.4, -0.2) is 29.1 Å². The Kier molecular flexibility index (Phi) is 9.74. The number of guanidine groups is 1. The number of nitrogens with one attached hydrogen (secondary N) is 2. The standard InChI is InChI=1S/C17H23N5O.HI/c1-3-18-17(22-13-15-7-5-6-9-19-15)21-12-14-8-10-20-16(11-14)23-4-2;/h5-11H,3-4,12-13H2,1-2H3,(H2,18,21,22);1H. The molecule has 0 radical (unpaired) electrons. The van der Waals surface area contributed by atoms with Gasteiger partial charge in [-0.25, -0.2) is 9.98 Å². The van der Waals surface area contributed by atoms with Gasteiger partial charge in [0.25, 0.3) is 0 Å². The van der Waals surface area contributed by atoms with Crippen molar-refractivity contribution in [3.05, 3.63) is 54.0 Å². The van der Waals surface area contributed by atoms with Crippen molar-refractivity contribution in [1.82, 2.24) is 20.6 Å². The molecule has 0 aromatic carbocycles. The SMILES string of the molecule is CCNC(=NCc1ccnc(OCC)c1)NCc1ccccn1.I. The summed E-state index contributed by atoms with van der Waals surface area (Å²) in [5, 5.41) is 6.50. The van der Waals surface area contributed by atoms with Crippen molar-refractivity contribution in [2.45, 2.75) is 26.9 Å². The average Bonchev–Trinajstić information content (AvgIpc) is 2.59. The molecule has 0 aliphatic carbocycles. The number of aliphatic imine (C=N–C) groups is 1. The molecular weight excluding hydrogens is 417 g/mol.